The third kappa shape index (κ3) is 5.69. The van der Waals surface area contributed by atoms with Gasteiger partial charge in [-0.1, -0.05) is 30.3 Å². The summed E-state index contributed by atoms with van der Waals surface area (Å²) in [4.78, 5) is 23.9. The molecule has 2 amide bonds. The Morgan fingerprint density at radius 3 is 2.48 bits per heavy atom. The lowest BCUT2D eigenvalue weighted by Gasteiger charge is -2.17. The number of halogens is 1. The minimum Gasteiger partial charge on any atom is -0.396 e. The summed E-state index contributed by atoms with van der Waals surface area (Å²) in [6, 6.07) is 13.5. The van der Waals surface area contributed by atoms with Gasteiger partial charge < -0.3 is 15.7 Å². The van der Waals surface area contributed by atoms with Crippen molar-refractivity contribution in [2.24, 2.45) is 0 Å². The molecule has 1 unspecified atom stereocenters. The van der Waals surface area contributed by atoms with Crippen molar-refractivity contribution in [1.29, 1.82) is 0 Å². The maximum atomic E-state index is 13.3. The van der Waals surface area contributed by atoms with E-state index in [1.807, 2.05) is 30.3 Å². The highest BCUT2D eigenvalue weighted by atomic mass is 19.1. The monoisotopic (exact) mass is 344 g/mol. The van der Waals surface area contributed by atoms with Crippen LogP contribution >= 0.6 is 0 Å². The van der Waals surface area contributed by atoms with Crippen molar-refractivity contribution >= 4 is 17.5 Å². The summed E-state index contributed by atoms with van der Waals surface area (Å²) in [5.41, 5.74) is 1.84. The molecule has 0 spiro atoms. The van der Waals surface area contributed by atoms with E-state index in [0.717, 1.165) is 11.6 Å². The SMILES string of the molecule is Cc1cc(F)cc(NC(=O)C(=O)NCC(CCO)c2ccccc2)c1. The van der Waals surface area contributed by atoms with Crippen molar-refractivity contribution < 1.29 is 19.1 Å². The minimum atomic E-state index is -0.860. The number of aliphatic hydroxyl groups is 1. The molecule has 0 aromatic heterocycles. The first-order chi connectivity index (χ1) is 12.0. The molecular weight excluding hydrogens is 323 g/mol. The quantitative estimate of drug-likeness (QED) is 0.704. The van der Waals surface area contributed by atoms with Gasteiger partial charge in [0, 0.05) is 24.8 Å². The van der Waals surface area contributed by atoms with Gasteiger partial charge in [0.05, 0.1) is 0 Å². The number of anilines is 1. The van der Waals surface area contributed by atoms with Crippen LogP contribution in [0.5, 0.6) is 0 Å². The third-order valence-corrected chi connectivity index (χ3v) is 3.76. The second kappa shape index (κ2) is 8.94. The molecule has 5 nitrogen and oxygen atoms in total. The van der Waals surface area contributed by atoms with Gasteiger partial charge in [-0.25, -0.2) is 4.39 Å². The molecule has 0 saturated carbocycles. The van der Waals surface area contributed by atoms with Crippen molar-refractivity contribution in [3.8, 4) is 0 Å². The van der Waals surface area contributed by atoms with Crippen molar-refractivity contribution in [1.82, 2.24) is 5.32 Å². The van der Waals surface area contributed by atoms with E-state index in [0.29, 0.717) is 12.0 Å². The minimum absolute atomic E-state index is 0.0236. The topological polar surface area (TPSA) is 78.4 Å². The van der Waals surface area contributed by atoms with Crippen LogP contribution in [0.15, 0.2) is 48.5 Å². The fourth-order valence-corrected chi connectivity index (χ4v) is 2.56. The van der Waals surface area contributed by atoms with Crippen LogP contribution in [0, 0.1) is 12.7 Å². The highest BCUT2D eigenvalue weighted by Crippen LogP contribution is 2.18. The zero-order chi connectivity index (χ0) is 18.2. The number of benzene rings is 2. The fraction of sp³-hybridized carbons (Fsp3) is 0.263. The third-order valence-electron chi connectivity index (χ3n) is 3.76. The van der Waals surface area contributed by atoms with Crippen LogP contribution in [0.25, 0.3) is 0 Å². The van der Waals surface area contributed by atoms with E-state index in [4.69, 9.17) is 0 Å². The average Bonchev–Trinajstić information content (AvgIpc) is 2.58. The normalized spacial score (nSPS) is 11.6. The Morgan fingerprint density at radius 1 is 1.12 bits per heavy atom. The standard InChI is InChI=1S/C19H21FN2O3/c1-13-9-16(20)11-17(10-13)22-19(25)18(24)21-12-15(7-8-23)14-5-3-2-4-6-14/h2-6,9-11,15,23H,7-8,12H2,1H3,(H,21,24)(H,22,25). The maximum Gasteiger partial charge on any atom is 0.313 e. The second-order valence-corrected chi connectivity index (χ2v) is 5.80. The molecule has 132 valence electrons. The molecule has 6 heteroatoms. The van der Waals surface area contributed by atoms with Gasteiger partial charge in [0.2, 0.25) is 0 Å². The zero-order valence-corrected chi connectivity index (χ0v) is 14.0. The molecule has 0 heterocycles. The van der Waals surface area contributed by atoms with Gasteiger partial charge >= 0.3 is 11.8 Å². The van der Waals surface area contributed by atoms with Gasteiger partial charge in [-0.2, -0.15) is 0 Å². The van der Waals surface area contributed by atoms with Crippen molar-refractivity contribution in [3.63, 3.8) is 0 Å². The fourth-order valence-electron chi connectivity index (χ4n) is 2.56. The molecule has 2 aromatic carbocycles. The predicted molar refractivity (Wildman–Crippen MR) is 93.7 cm³/mol. The van der Waals surface area contributed by atoms with E-state index in [9.17, 15) is 19.1 Å². The predicted octanol–water partition coefficient (Wildman–Crippen LogP) is 2.36. The summed E-state index contributed by atoms with van der Waals surface area (Å²) in [7, 11) is 0. The lowest BCUT2D eigenvalue weighted by Crippen LogP contribution is -2.37. The number of carbonyl (C=O) groups excluding carboxylic acids is 2. The number of carbonyl (C=O) groups is 2. The number of aryl methyl sites for hydroxylation is 1. The first-order valence-corrected chi connectivity index (χ1v) is 8.01. The molecule has 3 N–H and O–H groups in total. The van der Waals surface area contributed by atoms with Gasteiger partial charge in [0.1, 0.15) is 5.82 Å². The van der Waals surface area contributed by atoms with E-state index >= 15 is 0 Å². The van der Waals surface area contributed by atoms with Gasteiger partial charge in [-0.3, -0.25) is 9.59 Å². The molecule has 2 rings (SSSR count). The van der Waals surface area contributed by atoms with Gasteiger partial charge in [-0.05, 0) is 42.7 Å². The molecule has 0 radical (unpaired) electrons. The lowest BCUT2D eigenvalue weighted by atomic mass is 9.96. The lowest BCUT2D eigenvalue weighted by molar-refractivity contribution is -0.136. The highest BCUT2D eigenvalue weighted by Gasteiger charge is 2.17. The van der Waals surface area contributed by atoms with Crippen LogP contribution in [0.3, 0.4) is 0 Å². The Balaban J connectivity index is 1.94. The van der Waals surface area contributed by atoms with E-state index in [2.05, 4.69) is 10.6 Å². The van der Waals surface area contributed by atoms with Crippen molar-refractivity contribution in [2.75, 3.05) is 18.5 Å². The van der Waals surface area contributed by atoms with Crippen LogP contribution in [-0.2, 0) is 9.59 Å². The molecule has 0 aliphatic rings. The Morgan fingerprint density at radius 2 is 1.84 bits per heavy atom. The summed E-state index contributed by atoms with van der Waals surface area (Å²) in [6.07, 6.45) is 0.467. The van der Waals surface area contributed by atoms with Crippen LogP contribution < -0.4 is 10.6 Å². The summed E-state index contributed by atoms with van der Waals surface area (Å²) >= 11 is 0. The second-order valence-electron chi connectivity index (χ2n) is 5.80. The van der Waals surface area contributed by atoms with Gasteiger partial charge in [0.15, 0.2) is 0 Å². The first kappa shape index (κ1) is 18.6. The van der Waals surface area contributed by atoms with Crippen LogP contribution in [0.1, 0.15) is 23.5 Å². The summed E-state index contributed by atoms with van der Waals surface area (Å²) in [5.74, 6) is -2.25. The maximum absolute atomic E-state index is 13.3. The Labute approximate surface area is 145 Å². The molecule has 0 aliphatic heterocycles. The van der Waals surface area contributed by atoms with Crippen LogP contribution in [-0.4, -0.2) is 30.1 Å². The average molecular weight is 344 g/mol. The molecule has 1 atom stereocenters. The molecular formula is C19H21FN2O3. The Hall–Kier alpha value is -2.73. The van der Waals surface area contributed by atoms with Crippen LogP contribution in [0.2, 0.25) is 0 Å². The summed E-state index contributed by atoms with van der Waals surface area (Å²) in [5, 5.41) is 14.1. The number of hydrogen-bond acceptors (Lipinski definition) is 3. The highest BCUT2D eigenvalue weighted by molar-refractivity contribution is 6.39. The molecule has 2 aromatic rings. The van der Waals surface area contributed by atoms with Gasteiger partial charge in [-0.15, -0.1) is 0 Å². The van der Waals surface area contributed by atoms with Crippen LogP contribution in [0.4, 0.5) is 10.1 Å². The Bertz CT molecular complexity index is 714. The largest absolute Gasteiger partial charge is 0.396 e. The first-order valence-electron chi connectivity index (χ1n) is 8.01. The van der Waals surface area contributed by atoms with Crippen molar-refractivity contribution in [3.05, 3.63) is 65.5 Å². The summed E-state index contributed by atoms with van der Waals surface area (Å²) in [6.45, 7) is 1.89. The van der Waals surface area contributed by atoms with E-state index in [1.54, 1.807) is 13.0 Å². The molecule has 0 saturated heterocycles. The van der Waals surface area contributed by atoms with E-state index in [-0.39, 0.29) is 24.8 Å². The molecule has 0 bridgehead atoms. The van der Waals surface area contributed by atoms with Gasteiger partial charge in [0.25, 0.3) is 0 Å². The van der Waals surface area contributed by atoms with E-state index < -0.39 is 17.6 Å². The van der Waals surface area contributed by atoms with E-state index in [1.165, 1.54) is 6.07 Å². The summed E-state index contributed by atoms with van der Waals surface area (Å²) < 4.78 is 13.3. The smallest absolute Gasteiger partial charge is 0.313 e. The zero-order valence-electron chi connectivity index (χ0n) is 14.0. The molecule has 0 aliphatic carbocycles. The number of nitrogens with one attached hydrogen (secondary N) is 2. The molecule has 0 fully saturated rings. The number of hydrogen-bond donors (Lipinski definition) is 3. The number of amides is 2. The van der Waals surface area contributed by atoms with Crippen molar-refractivity contribution in [2.45, 2.75) is 19.3 Å². The molecule has 25 heavy (non-hydrogen) atoms. The Kier molecular flexibility index (Phi) is 6.65. The number of aliphatic hydroxyl groups excluding tert-OH is 1. The number of rotatable bonds is 6.